The lowest BCUT2D eigenvalue weighted by Crippen LogP contribution is -2.23. The van der Waals surface area contributed by atoms with Crippen LogP contribution in [0.25, 0.3) is 0 Å². The second kappa shape index (κ2) is 13.2. The molecule has 0 N–H and O–H groups in total. The summed E-state index contributed by atoms with van der Waals surface area (Å²) in [5, 5.41) is 0. The van der Waals surface area contributed by atoms with E-state index in [9.17, 15) is 9.59 Å². The van der Waals surface area contributed by atoms with E-state index in [-0.39, 0.29) is 11.9 Å². The highest BCUT2D eigenvalue weighted by Crippen LogP contribution is 2.22. The first-order valence-electron chi connectivity index (χ1n) is 10.6. The number of aryl methyl sites for hydroxylation is 1. The van der Waals surface area contributed by atoms with Crippen molar-refractivity contribution in [3.05, 3.63) is 51.7 Å². The van der Waals surface area contributed by atoms with Crippen molar-refractivity contribution in [1.82, 2.24) is 0 Å². The Morgan fingerprint density at radius 3 is 2.43 bits per heavy atom. The smallest absolute Gasteiger partial charge is 0.348 e. The van der Waals surface area contributed by atoms with E-state index in [4.69, 9.17) is 4.74 Å². The van der Waals surface area contributed by atoms with Crippen LogP contribution in [0.5, 0.6) is 0 Å². The van der Waals surface area contributed by atoms with Crippen LogP contribution < -0.4 is 4.90 Å². The predicted molar refractivity (Wildman–Crippen MR) is 122 cm³/mol. The molecule has 1 saturated heterocycles. The molecule has 0 unspecified atom stereocenters. The van der Waals surface area contributed by atoms with Crippen LogP contribution in [0.15, 0.2) is 36.4 Å². The third-order valence-corrected chi connectivity index (χ3v) is 6.01. The van der Waals surface area contributed by atoms with Crippen molar-refractivity contribution < 1.29 is 19.1 Å². The Kier molecular flexibility index (Phi) is 10.6. The van der Waals surface area contributed by atoms with E-state index in [2.05, 4.69) is 35.9 Å². The van der Waals surface area contributed by atoms with Crippen molar-refractivity contribution in [3.8, 4) is 0 Å². The summed E-state index contributed by atoms with van der Waals surface area (Å²) in [4.78, 5) is 26.2. The minimum absolute atomic E-state index is 0.269. The molecule has 5 nitrogen and oxygen atoms in total. The largest absolute Gasteiger partial charge is 0.465 e. The maximum absolute atomic E-state index is 11.6. The van der Waals surface area contributed by atoms with Crippen molar-refractivity contribution >= 4 is 28.9 Å². The molecule has 1 aromatic heterocycles. The van der Waals surface area contributed by atoms with Crippen molar-refractivity contribution in [2.75, 3.05) is 25.7 Å². The second-order valence-corrected chi connectivity index (χ2v) is 8.48. The standard InChI is InChI=1S/C16H23NO.C8H10O3S/c1-2-3-4-5-7-14-9-11-15(12-10-14)17-13-6-8-16(17)18;1-10-5-6-3-4-7(12-6)8(9)11-2/h9-12H,2-8,13H2,1H3;3-4H,5H2,1-2H3. The second-order valence-electron chi connectivity index (χ2n) is 7.32. The van der Waals surface area contributed by atoms with Crippen LogP contribution >= 0.6 is 11.3 Å². The van der Waals surface area contributed by atoms with Gasteiger partial charge in [0.2, 0.25) is 5.91 Å². The zero-order valence-electron chi connectivity index (χ0n) is 18.3. The number of carbonyl (C=O) groups is 2. The fourth-order valence-corrected chi connectivity index (χ4v) is 4.23. The third kappa shape index (κ3) is 7.58. The molecule has 0 spiro atoms. The van der Waals surface area contributed by atoms with Crippen LogP contribution in [0.4, 0.5) is 5.69 Å². The van der Waals surface area contributed by atoms with E-state index in [0.29, 0.717) is 17.9 Å². The molecule has 0 saturated carbocycles. The highest BCUT2D eigenvalue weighted by Gasteiger charge is 2.21. The van der Waals surface area contributed by atoms with Gasteiger partial charge in [-0.15, -0.1) is 11.3 Å². The van der Waals surface area contributed by atoms with E-state index in [1.165, 1.54) is 49.7 Å². The number of methoxy groups -OCH3 is 2. The highest BCUT2D eigenvalue weighted by molar-refractivity contribution is 7.13. The lowest BCUT2D eigenvalue weighted by atomic mass is 10.1. The fourth-order valence-electron chi connectivity index (χ4n) is 3.33. The molecule has 1 aliphatic heterocycles. The first kappa shape index (κ1) is 24.1. The molecule has 2 aromatic rings. The van der Waals surface area contributed by atoms with Crippen molar-refractivity contribution in [3.63, 3.8) is 0 Å². The van der Waals surface area contributed by atoms with E-state index >= 15 is 0 Å². The van der Waals surface area contributed by atoms with E-state index < -0.39 is 0 Å². The van der Waals surface area contributed by atoms with E-state index in [1.54, 1.807) is 13.2 Å². The average Bonchev–Trinajstić information content (AvgIpc) is 3.41. The molecule has 0 bridgehead atoms. The predicted octanol–water partition coefficient (Wildman–Crippen LogP) is 5.62. The van der Waals surface area contributed by atoms with Crippen molar-refractivity contribution in [2.24, 2.45) is 0 Å². The Bertz CT molecular complexity index is 785. The summed E-state index contributed by atoms with van der Waals surface area (Å²) in [5.41, 5.74) is 2.45. The Morgan fingerprint density at radius 1 is 1.07 bits per heavy atom. The topological polar surface area (TPSA) is 55.8 Å². The Hall–Kier alpha value is -2.18. The normalized spacial score (nSPS) is 13.2. The molecular formula is C24H33NO4S. The zero-order valence-corrected chi connectivity index (χ0v) is 19.1. The molecule has 1 aromatic carbocycles. The summed E-state index contributed by atoms with van der Waals surface area (Å²) in [5.74, 6) is -0.0203. The summed E-state index contributed by atoms with van der Waals surface area (Å²) in [7, 11) is 3.00. The Morgan fingerprint density at radius 2 is 1.83 bits per heavy atom. The van der Waals surface area contributed by atoms with Gasteiger partial charge in [-0.25, -0.2) is 4.79 Å². The van der Waals surface area contributed by atoms with Gasteiger partial charge in [0.25, 0.3) is 0 Å². The number of ether oxygens (including phenoxy) is 2. The minimum Gasteiger partial charge on any atom is -0.465 e. The van der Waals surface area contributed by atoms with E-state index in [1.807, 2.05) is 11.0 Å². The number of rotatable bonds is 9. The van der Waals surface area contributed by atoms with E-state index in [0.717, 1.165) is 30.0 Å². The summed E-state index contributed by atoms with van der Waals surface area (Å²) >= 11 is 1.39. The number of thiophene rings is 1. The first-order chi connectivity index (χ1) is 14.6. The number of hydrogen-bond donors (Lipinski definition) is 0. The van der Waals surface area contributed by atoms with Gasteiger partial charge in [0.1, 0.15) is 4.88 Å². The molecule has 1 fully saturated rings. The number of amides is 1. The molecule has 30 heavy (non-hydrogen) atoms. The summed E-state index contributed by atoms with van der Waals surface area (Å²) in [6.45, 7) is 3.66. The quantitative estimate of drug-likeness (QED) is 0.382. The molecule has 1 aliphatic rings. The monoisotopic (exact) mass is 431 g/mol. The highest BCUT2D eigenvalue weighted by atomic mass is 32.1. The van der Waals surface area contributed by atoms with Crippen molar-refractivity contribution in [2.45, 2.75) is 58.5 Å². The van der Waals surface area contributed by atoms with Crippen LogP contribution in [-0.2, 0) is 27.3 Å². The molecule has 3 rings (SSSR count). The molecule has 0 atom stereocenters. The summed E-state index contributed by atoms with van der Waals surface area (Å²) in [6, 6.07) is 12.1. The number of carbonyl (C=O) groups excluding carboxylic acids is 2. The molecule has 0 radical (unpaired) electrons. The van der Waals surface area contributed by atoms with Gasteiger partial charge in [0.15, 0.2) is 0 Å². The Balaban J connectivity index is 0.000000232. The average molecular weight is 432 g/mol. The summed E-state index contributed by atoms with van der Waals surface area (Å²) in [6.07, 6.45) is 8.08. The zero-order chi connectivity index (χ0) is 21.8. The number of benzene rings is 1. The minimum atomic E-state index is -0.289. The van der Waals surface area contributed by atoms with Gasteiger partial charge in [-0.05, 0) is 49.1 Å². The molecule has 1 amide bonds. The summed E-state index contributed by atoms with van der Waals surface area (Å²) < 4.78 is 9.47. The number of unbranched alkanes of at least 4 members (excludes halogenated alkanes) is 3. The first-order valence-corrected chi connectivity index (χ1v) is 11.5. The lowest BCUT2D eigenvalue weighted by molar-refractivity contribution is -0.117. The fraction of sp³-hybridized carbons (Fsp3) is 0.500. The molecule has 6 heteroatoms. The lowest BCUT2D eigenvalue weighted by Gasteiger charge is -2.15. The van der Waals surface area contributed by atoms with Crippen LogP contribution in [-0.4, -0.2) is 32.6 Å². The number of anilines is 1. The molecule has 2 heterocycles. The third-order valence-electron chi connectivity index (χ3n) is 4.98. The van der Waals surface area contributed by atoms with Gasteiger partial charge in [-0.2, -0.15) is 0 Å². The number of hydrogen-bond acceptors (Lipinski definition) is 5. The molecule has 0 aliphatic carbocycles. The molecule has 164 valence electrons. The number of nitrogens with zero attached hydrogens (tertiary/aromatic N) is 1. The maximum atomic E-state index is 11.6. The maximum Gasteiger partial charge on any atom is 0.348 e. The van der Waals surface area contributed by atoms with Gasteiger partial charge in [-0.3, -0.25) is 4.79 Å². The van der Waals surface area contributed by atoms with Gasteiger partial charge in [0.05, 0.1) is 13.7 Å². The number of esters is 1. The van der Waals surface area contributed by atoms with Gasteiger partial charge in [-0.1, -0.05) is 38.3 Å². The van der Waals surface area contributed by atoms with Crippen molar-refractivity contribution in [1.29, 1.82) is 0 Å². The van der Waals surface area contributed by atoms with Crippen LogP contribution in [0, 0.1) is 0 Å². The molecular weight excluding hydrogens is 398 g/mol. The van der Waals surface area contributed by atoms with Crippen LogP contribution in [0.2, 0.25) is 0 Å². The van der Waals surface area contributed by atoms with Gasteiger partial charge < -0.3 is 14.4 Å². The SMILES string of the molecule is CCCCCCc1ccc(N2CCCC2=O)cc1.COCc1ccc(C(=O)OC)s1. The van der Waals surface area contributed by atoms with Gasteiger partial charge >= 0.3 is 5.97 Å². The Labute approximate surface area is 184 Å². The van der Waals surface area contributed by atoms with Gasteiger partial charge in [0, 0.05) is 30.6 Å². The van der Waals surface area contributed by atoms with Crippen LogP contribution in [0.3, 0.4) is 0 Å². The van der Waals surface area contributed by atoms with Crippen LogP contribution in [0.1, 0.15) is 65.6 Å².